The summed E-state index contributed by atoms with van der Waals surface area (Å²) in [5.74, 6) is -2.04. The van der Waals surface area contributed by atoms with Gasteiger partial charge in [0.1, 0.15) is 11.8 Å². The first kappa shape index (κ1) is 41.9. The molecule has 0 aliphatic carbocycles. The number of ether oxygens (including phenoxy) is 1. The van der Waals surface area contributed by atoms with Crippen LogP contribution >= 0.6 is 0 Å². The summed E-state index contributed by atoms with van der Waals surface area (Å²) in [5, 5.41) is 24.9. The standard InChI is InChI=1S/C37H51N7O9/c1-53-30-23-27(17-18-28(30)36(50)42-29-19-20-32(46)43-37(29)51)40-24-34(48)38-21-9-5-2-3-7-11-31(45)41-26-15-13-25(14-16-26)35(49)39-22-10-6-4-8-12-33(47)44-52/h13-18,23,29,40,52H,2-12,19-22,24H2,1H3,(H,38,48)(H,39,49)(H,41,45)(H,42,50)(H,44,47)(H,43,46,51). The molecule has 1 heterocycles. The highest BCUT2D eigenvalue weighted by atomic mass is 16.5. The fraction of sp³-hybridized carbons (Fsp3) is 0.486. The second kappa shape index (κ2) is 23.1. The van der Waals surface area contributed by atoms with E-state index in [-0.39, 0.29) is 60.7 Å². The van der Waals surface area contributed by atoms with Gasteiger partial charge in [-0.3, -0.25) is 44.1 Å². The molecular weight excluding hydrogens is 686 g/mol. The summed E-state index contributed by atoms with van der Waals surface area (Å²) in [7, 11) is 1.41. The first-order chi connectivity index (χ1) is 25.6. The molecule has 1 aliphatic heterocycles. The van der Waals surface area contributed by atoms with Gasteiger partial charge in [0.25, 0.3) is 11.8 Å². The quantitative estimate of drug-likeness (QED) is 0.0360. The normalized spacial score (nSPS) is 13.7. The minimum Gasteiger partial charge on any atom is -0.496 e. The molecule has 1 atom stereocenters. The van der Waals surface area contributed by atoms with Crippen LogP contribution in [0.4, 0.5) is 11.4 Å². The molecule has 2 aromatic rings. The van der Waals surface area contributed by atoms with Crippen molar-refractivity contribution in [3.63, 3.8) is 0 Å². The maximum atomic E-state index is 12.7. The lowest BCUT2D eigenvalue weighted by Crippen LogP contribution is -2.52. The van der Waals surface area contributed by atoms with Crippen LogP contribution in [0.3, 0.4) is 0 Å². The van der Waals surface area contributed by atoms with E-state index in [4.69, 9.17) is 9.94 Å². The lowest BCUT2D eigenvalue weighted by atomic mass is 10.1. The van der Waals surface area contributed by atoms with Crippen molar-refractivity contribution in [1.29, 1.82) is 0 Å². The van der Waals surface area contributed by atoms with Gasteiger partial charge in [0.15, 0.2) is 0 Å². The molecule has 2 aromatic carbocycles. The highest BCUT2D eigenvalue weighted by molar-refractivity contribution is 6.04. The number of rotatable bonds is 23. The van der Waals surface area contributed by atoms with Gasteiger partial charge in [-0.05, 0) is 68.5 Å². The fourth-order valence-electron chi connectivity index (χ4n) is 5.52. The Kier molecular flexibility index (Phi) is 18.3. The minimum absolute atomic E-state index is 0.0216. The summed E-state index contributed by atoms with van der Waals surface area (Å²) in [4.78, 5) is 84.1. The number of hydrogen-bond donors (Lipinski definition) is 8. The van der Waals surface area contributed by atoms with Gasteiger partial charge in [0.05, 0.1) is 19.2 Å². The number of carbonyl (C=O) groups excluding carboxylic acids is 7. The highest BCUT2D eigenvalue weighted by Crippen LogP contribution is 2.23. The van der Waals surface area contributed by atoms with E-state index in [1.165, 1.54) is 13.2 Å². The molecule has 1 fully saturated rings. The molecule has 53 heavy (non-hydrogen) atoms. The summed E-state index contributed by atoms with van der Waals surface area (Å²) in [6.45, 7) is 1.06. The minimum atomic E-state index is -0.810. The van der Waals surface area contributed by atoms with Crippen LogP contribution in [0.5, 0.6) is 5.75 Å². The smallest absolute Gasteiger partial charge is 0.255 e. The predicted molar refractivity (Wildman–Crippen MR) is 196 cm³/mol. The van der Waals surface area contributed by atoms with E-state index >= 15 is 0 Å². The van der Waals surface area contributed by atoms with Gasteiger partial charge in [0.2, 0.25) is 29.5 Å². The molecule has 0 radical (unpaired) electrons. The van der Waals surface area contributed by atoms with Gasteiger partial charge in [-0.2, -0.15) is 0 Å². The molecule has 3 rings (SSSR count). The van der Waals surface area contributed by atoms with Crippen molar-refractivity contribution in [3.05, 3.63) is 53.6 Å². The molecule has 16 nitrogen and oxygen atoms in total. The Morgan fingerprint density at radius 1 is 0.755 bits per heavy atom. The van der Waals surface area contributed by atoms with Crippen molar-refractivity contribution >= 4 is 52.7 Å². The highest BCUT2D eigenvalue weighted by Gasteiger charge is 2.29. The molecule has 1 aliphatic rings. The first-order valence-electron chi connectivity index (χ1n) is 18.0. The second-order valence-electron chi connectivity index (χ2n) is 12.7. The molecule has 8 N–H and O–H groups in total. The Labute approximate surface area is 308 Å². The van der Waals surface area contributed by atoms with Crippen LogP contribution in [0.15, 0.2) is 42.5 Å². The third-order valence-corrected chi connectivity index (χ3v) is 8.52. The number of piperidine rings is 1. The largest absolute Gasteiger partial charge is 0.496 e. The first-order valence-corrected chi connectivity index (χ1v) is 18.0. The average molecular weight is 738 g/mol. The topological polar surface area (TPSA) is 233 Å². The van der Waals surface area contributed by atoms with E-state index in [0.717, 1.165) is 51.4 Å². The molecule has 0 saturated carbocycles. The van der Waals surface area contributed by atoms with E-state index < -0.39 is 23.8 Å². The zero-order valence-electron chi connectivity index (χ0n) is 30.1. The Hall–Kier alpha value is -5.51. The third-order valence-electron chi connectivity index (χ3n) is 8.52. The van der Waals surface area contributed by atoms with Crippen molar-refractivity contribution in [2.75, 3.05) is 37.4 Å². The maximum Gasteiger partial charge on any atom is 0.255 e. The lowest BCUT2D eigenvalue weighted by Gasteiger charge is -2.22. The zero-order chi connectivity index (χ0) is 38.4. The number of nitrogens with one attached hydrogen (secondary N) is 7. The Balaban J connectivity index is 1.21. The maximum absolute atomic E-state index is 12.7. The summed E-state index contributed by atoms with van der Waals surface area (Å²) >= 11 is 0. The lowest BCUT2D eigenvalue weighted by molar-refractivity contribution is -0.134. The molecule has 0 aromatic heterocycles. The van der Waals surface area contributed by atoms with E-state index in [1.54, 1.807) is 41.9 Å². The molecule has 16 heteroatoms. The van der Waals surface area contributed by atoms with Crippen molar-refractivity contribution in [2.24, 2.45) is 0 Å². The second-order valence-corrected chi connectivity index (χ2v) is 12.7. The van der Waals surface area contributed by atoms with E-state index in [9.17, 15) is 33.6 Å². The van der Waals surface area contributed by atoms with Gasteiger partial charge in [-0.15, -0.1) is 0 Å². The number of methoxy groups -OCH3 is 1. The Morgan fingerprint density at radius 3 is 2.04 bits per heavy atom. The molecule has 7 amide bonds. The zero-order valence-corrected chi connectivity index (χ0v) is 30.1. The molecule has 0 spiro atoms. The van der Waals surface area contributed by atoms with E-state index in [1.807, 2.05) is 0 Å². The monoisotopic (exact) mass is 737 g/mol. The number of carbonyl (C=O) groups is 7. The van der Waals surface area contributed by atoms with Gasteiger partial charge in [-0.25, -0.2) is 5.48 Å². The average Bonchev–Trinajstić information content (AvgIpc) is 3.15. The van der Waals surface area contributed by atoms with Crippen LogP contribution in [0.25, 0.3) is 0 Å². The fourth-order valence-corrected chi connectivity index (χ4v) is 5.52. The Bertz CT molecular complexity index is 1570. The number of unbranched alkanes of at least 4 members (excludes halogenated alkanes) is 7. The summed E-state index contributed by atoms with van der Waals surface area (Å²) in [6, 6.07) is 10.7. The summed E-state index contributed by atoms with van der Waals surface area (Å²) < 4.78 is 5.34. The van der Waals surface area contributed by atoms with Crippen molar-refractivity contribution < 1.29 is 43.5 Å². The molecule has 0 bridgehead atoms. The Morgan fingerprint density at radius 2 is 1.38 bits per heavy atom. The molecule has 288 valence electrons. The number of imide groups is 1. The van der Waals surface area contributed by atoms with Gasteiger partial charge in [-0.1, -0.05) is 32.1 Å². The number of amides is 7. The van der Waals surface area contributed by atoms with Crippen molar-refractivity contribution in [1.82, 2.24) is 26.7 Å². The van der Waals surface area contributed by atoms with E-state index in [2.05, 4.69) is 31.9 Å². The summed E-state index contributed by atoms with van der Waals surface area (Å²) in [6.07, 6.45) is 8.42. The third kappa shape index (κ3) is 15.7. The van der Waals surface area contributed by atoms with Gasteiger partial charge >= 0.3 is 0 Å². The SMILES string of the molecule is COc1cc(NCC(=O)NCCCCCCCC(=O)Nc2ccc(C(=O)NCCCCCCC(=O)NO)cc2)ccc1C(=O)NC1CCC(=O)NC1=O. The predicted octanol–water partition coefficient (Wildman–Crippen LogP) is 2.92. The van der Waals surface area contributed by atoms with Gasteiger partial charge in [0, 0.05) is 55.4 Å². The van der Waals surface area contributed by atoms with Crippen LogP contribution < -0.4 is 42.1 Å². The van der Waals surface area contributed by atoms with Crippen LogP contribution in [0.2, 0.25) is 0 Å². The molecule has 1 saturated heterocycles. The van der Waals surface area contributed by atoms with Crippen LogP contribution in [-0.2, 0) is 24.0 Å². The van der Waals surface area contributed by atoms with Crippen molar-refractivity contribution in [3.8, 4) is 5.75 Å². The molecular formula is C37H51N7O9. The van der Waals surface area contributed by atoms with Gasteiger partial charge < -0.3 is 31.3 Å². The number of benzene rings is 2. The van der Waals surface area contributed by atoms with Crippen molar-refractivity contribution in [2.45, 2.75) is 89.5 Å². The van der Waals surface area contributed by atoms with Crippen LogP contribution in [0, 0.1) is 0 Å². The number of hydroxylamine groups is 1. The van der Waals surface area contributed by atoms with Crippen LogP contribution in [-0.4, -0.2) is 79.3 Å². The number of hydrogen-bond acceptors (Lipinski definition) is 10. The number of anilines is 2. The molecule has 1 unspecified atom stereocenters. The van der Waals surface area contributed by atoms with Crippen LogP contribution in [0.1, 0.15) is 104 Å². The summed E-state index contributed by atoms with van der Waals surface area (Å²) in [5.41, 5.74) is 3.51. The van der Waals surface area contributed by atoms with E-state index in [0.29, 0.717) is 42.9 Å².